The van der Waals surface area contributed by atoms with E-state index >= 15 is 0 Å². The second kappa shape index (κ2) is 3.85. The fourth-order valence-corrected chi connectivity index (χ4v) is 2.56. The van der Waals surface area contributed by atoms with Gasteiger partial charge in [0.2, 0.25) is 5.69 Å². The Balaban J connectivity index is 3.26. The Kier molecular flexibility index (Phi) is 4.30. The van der Waals surface area contributed by atoms with Gasteiger partial charge >= 0.3 is 0 Å². The molecule has 0 amide bonds. The lowest BCUT2D eigenvalue weighted by molar-refractivity contribution is 0.502. The zero-order chi connectivity index (χ0) is 6.62. The summed E-state index contributed by atoms with van der Waals surface area (Å²) in [6.07, 6.45) is 0.935. The molecule has 0 bridgehead atoms. The summed E-state index contributed by atoms with van der Waals surface area (Å²) in [5.74, 6) is 0.740. The van der Waals surface area contributed by atoms with Crippen LogP contribution in [-0.2, 0) is 11.8 Å². The molecule has 0 radical (unpaired) electrons. The molecule has 0 rings (SSSR count). The predicted octanol–water partition coefficient (Wildman–Crippen LogP) is 1.34. The molecule has 5 heteroatoms. The first kappa shape index (κ1) is 8.92. The van der Waals surface area contributed by atoms with Crippen LogP contribution in [0.15, 0.2) is 0 Å². The highest BCUT2D eigenvalue weighted by atomic mass is 32.9. The normalized spacial score (nSPS) is 11.9. The number of hydrogen-bond donors (Lipinski definition) is 2. The summed E-state index contributed by atoms with van der Waals surface area (Å²) < 4.78 is 0. The maximum Gasteiger partial charge on any atom is 0.242 e. The largest absolute Gasteiger partial charge is 0.338 e. The molecule has 0 atom stereocenters. The molecule has 0 aliphatic carbocycles. The van der Waals surface area contributed by atoms with Gasteiger partial charge in [0.25, 0.3) is 0 Å². The van der Waals surface area contributed by atoms with Crippen molar-refractivity contribution in [3.63, 3.8) is 0 Å². The third-order valence-electron chi connectivity index (χ3n) is 0.464. The summed E-state index contributed by atoms with van der Waals surface area (Å²) in [7, 11) is 0. The highest BCUT2D eigenvalue weighted by Gasteiger charge is 2.04. The monoisotopic (exact) mass is 172 g/mol. The van der Waals surface area contributed by atoms with Crippen molar-refractivity contribution in [1.82, 2.24) is 0 Å². The zero-order valence-electron chi connectivity index (χ0n) is 4.57. The Morgan fingerprint density at radius 2 is 2.12 bits per heavy atom. The van der Waals surface area contributed by atoms with Crippen LogP contribution >= 0.6 is 17.1 Å². The molecular weight excluding hydrogens is 163 g/mol. The van der Waals surface area contributed by atoms with E-state index in [0.29, 0.717) is 0 Å². The van der Waals surface area contributed by atoms with Crippen LogP contribution in [0.2, 0.25) is 0 Å². The quantitative estimate of drug-likeness (QED) is 0.630. The van der Waals surface area contributed by atoms with Gasteiger partial charge in [-0.05, 0) is 18.2 Å². The lowest BCUT2D eigenvalue weighted by Gasteiger charge is -2.02. The van der Waals surface area contributed by atoms with Crippen LogP contribution in [0.4, 0.5) is 0 Å². The molecule has 0 aromatic heterocycles. The Bertz CT molecular complexity index is 99.5. The van der Waals surface area contributed by atoms with Gasteiger partial charge in [0.05, 0.1) is 0 Å². The van der Waals surface area contributed by atoms with Crippen molar-refractivity contribution in [3.8, 4) is 0 Å². The Morgan fingerprint density at radius 3 is 2.25 bits per heavy atom. The van der Waals surface area contributed by atoms with E-state index in [2.05, 4.69) is 11.8 Å². The van der Waals surface area contributed by atoms with Crippen LogP contribution in [0.25, 0.3) is 0 Å². The topological polar surface area (TPSA) is 40.5 Å². The summed E-state index contributed by atoms with van der Waals surface area (Å²) >= 11 is 5.41. The Labute approximate surface area is 58.2 Å². The van der Waals surface area contributed by atoms with Crippen LogP contribution in [0.3, 0.4) is 0 Å². The highest BCUT2D eigenvalue weighted by molar-refractivity contribution is 8.67. The molecule has 0 saturated heterocycles. The standard InChI is InChI=1S/C3H9O2PS2/c1-2-3-8-6(4,5)7/h2-3H2,1H3,(H2,4,5,7). The van der Waals surface area contributed by atoms with E-state index in [1.165, 1.54) is 0 Å². The molecule has 0 heterocycles. The number of hydrogen-bond acceptors (Lipinski definition) is 2. The Morgan fingerprint density at radius 1 is 1.62 bits per heavy atom. The molecule has 8 heavy (non-hydrogen) atoms. The predicted molar refractivity (Wildman–Crippen MR) is 41.5 cm³/mol. The summed E-state index contributed by atoms with van der Waals surface area (Å²) in [6.45, 7) is 1.97. The molecule has 0 aromatic rings. The number of rotatable bonds is 3. The molecule has 0 saturated carbocycles. The first-order valence-corrected chi connectivity index (χ1v) is 6.56. The highest BCUT2D eigenvalue weighted by Crippen LogP contribution is 2.50. The minimum Gasteiger partial charge on any atom is -0.338 e. The van der Waals surface area contributed by atoms with Crippen molar-refractivity contribution in [3.05, 3.63) is 0 Å². The van der Waals surface area contributed by atoms with Crippen molar-refractivity contribution in [2.45, 2.75) is 13.3 Å². The third-order valence-corrected chi connectivity index (χ3v) is 3.90. The first-order chi connectivity index (χ1) is 3.56. The average Bonchev–Trinajstić information content (AvgIpc) is 1.59. The lowest BCUT2D eigenvalue weighted by Crippen LogP contribution is -1.73. The average molecular weight is 172 g/mol. The zero-order valence-corrected chi connectivity index (χ0v) is 7.10. The molecule has 0 unspecified atom stereocenters. The first-order valence-electron chi connectivity index (χ1n) is 2.26. The second-order valence-corrected chi connectivity index (χ2v) is 7.49. The minimum atomic E-state index is -2.93. The summed E-state index contributed by atoms with van der Waals surface area (Å²) in [6, 6.07) is 0. The van der Waals surface area contributed by atoms with Gasteiger partial charge in [-0.2, -0.15) is 0 Å². The van der Waals surface area contributed by atoms with E-state index in [0.717, 1.165) is 23.6 Å². The molecule has 50 valence electrons. The van der Waals surface area contributed by atoms with Crippen LogP contribution in [0.1, 0.15) is 13.3 Å². The summed E-state index contributed by atoms with van der Waals surface area (Å²) in [5, 5.41) is 0. The molecule has 0 spiro atoms. The fraction of sp³-hybridized carbons (Fsp3) is 1.00. The van der Waals surface area contributed by atoms with Crippen molar-refractivity contribution in [2.75, 3.05) is 5.75 Å². The van der Waals surface area contributed by atoms with Gasteiger partial charge in [-0.15, -0.1) is 0 Å². The minimum absolute atomic E-state index is 0.740. The third kappa shape index (κ3) is 6.92. The van der Waals surface area contributed by atoms with E-state index < -0.39 is 5.69 Å². The van der Waals surface area contributed by atoms with Gasteiger partial charge in [0.15, 0.2) is 0 Å². The van der Waals surface area contributed by atoms with Gasteiger partial charge in [-0.1, -0.05) is 18.3 Å². The van der Waals surface area contributed by atoms with Crippen LogP contribution in [0.5, 0.6) is 0 Å². The fourth-order valence-electron chi connectivity index (χ4n) is 0.210. The molecule has 0 aliphatic rings. The van der Waals surface area contributed by atoms with Gasteiger partial charge in [0, 0.05) is 5.75 Å². The van der Waals surface area contributed by atoms with Crippen LogP contribution < -0.4 is 0 Å². The van der Waals surface area contributed by atoms with Crippen LogP contribution in [0, 0.1) is 0 Å². The maximum atomic E-state index is 8.59. The van der Waals surface area contributed by atoms with Crippen molar-refractivity contribution >= 4 is 28.9 Å². The van der Waals surface area contributed by atoms with E-state index in [1.807, 2.05) is 6.92 Å². The second-order valence-electron chi connectivity index (χ2n) is 1.32. The molecule has 2 nitrogen and oxygen atoms in total. The van der Waals surface area contributed by atoms with E-state index in [9.17, 15) is 0 Å². The molecule has 2 N–H and O–H groups in total. The van der Waals surface area contributed by atoms with Gasteiger partial charge in [-0.25, -0.2) is 0 Å². The van der Waals surface area contributed by atoms with E-state index in [-0.39, 0.29) is 0 Å². The molecular formula is C3H9O2PS2. The van der Waals surface area contributed by atoms with E-state index in [4.69, 9.17) is 9.79 Å². The van der Waals surface area contributed by atoms with Gasteiger partial charge < -0.3 is 9.79 Å². The summed E-state index contributed by atoms with van der Waals surface area (Å²) in [5.41, 5.74) is -2.93. The van der Waals surface area contributed by atoms with Gasteiger partial charge in [-0.3, -0.25) is 0 Å². The van der Waals surface area contributed by atoms with Gasteiger partial charge in [0.1, 0.15) is 0 Å². The maximum absolute atomic E-state index is 8.59. The molecule has 0 aliphatic heterocycles. The Hall–Kier alpha value is 0.920. The summed E-state index contributed by atoms with van der Waals surface area (Å²) in [4.78, 5) is 17.2. The molecule has 0 aromatic carbocycles. The van der Waals surface area contributed by atoms with Crippen LogP contribution in [-0.4, -0.2) is 15.5 Å². The van der Waals surface area contributed by atoms with Crippen molar-refractivity contribution < 1.29 is 9.79 Å². The lowest BCUT2D eigenvalue weighted by atomic mass is 10.6. The van der Waals surface area contributed by atoms with E-state index in [1.54, 1.807) is 0 Å². The molecule has 0 fully saturated rings. The SMILES string of the molecule is CCCSP(O)(O)=S. The smallest absolute Gasteiger partial charge is 0.242 e. The van der Waals surface area contributed by atoms with Crippen molar-refractivity contribution in [2.24, 2.45) is 0 Å². The van der Waals surface area contributed by atoms with Crippen molar-refractivity contribution in [1.29, 1.82) is 0 Å².